The maximum Gasteiger partial charge on any atom is 0.123 e. The average molecular weight is 283 g/mol. The van der Waals surface area contributed by atoms with E-state index in [-0.39, 0.29) is 6.04 Å². The summed E-state index contributed by atoms with van der Waals surface area (Å²) in [6, 6.07) is 8.00. The molecule has 0 saturated carbocycles. The Morgan fingerprint density at radius 2 is 2.05 bits per heavy atom. The van der Waals surface area contributed by atoms with Gasteiger partial charge in [-0.05, 0) is 19.5 Å². The minimum atomic E-state index is -0.780. The van der Waals surface area contributed by atoms with Crippen molar-refractivity contribution in [2.24, 2.45) is 0 Å². The number of ether oxygens (including phenoxy) is 1. The second kappa shape index (κ2) is 9.10. The van der Waals surface area contributed by atoms with Gasteiger partial charge in [0.2, 0.25) is 0 Å². The number of para-hydroxylation sites is 1. The third kappa shape index (κ3) is 5.33. The fourth-order valence-corrected chi connectivity index (χ4v) is 3.48. The topological polar surface area (TPSA) is 38.3 Å². The summed E-state index contributed by atoms with van der Waals surface area (Å²) in [4.78, 5) is 0. The lowest BCUT2D eigenvalue weighted by Gasteiger charge is -2.19. The minimum absolute atomic E-state index is 0.0820. The standard InChI is InChI=1S/C15H25NO2S/c1-4-5-8-11-19(17)12-14(16-2)13-9-6-7-10-15(13)18-3/h6-7,9-10,14,16H,4-5,8,11-12H2,1-3H3. The predicted molar refractivity (Wildman–Crippen MR) is 82.2 cm³/mol. The van der Waals surface area contributed by atoms with Crippen LogP contribution in [0.15, 0.2) is 24.3 Å². The molecular weight excluding hydrogens is 258 g/mol. The Bertz CT molecular complexity index is 395. The van der Waals surface area contributed by atoms with Gasteiger partial charge in [0.15, 0.2) is 0 Å². The fraction of sp³-hybridized carbons (Fsp3) is 0.600. The first kappa shape index (κ1) is 16.2. The quantitative estimate of drug-likeness (QED) is 0.708. The van der Waals surface area contributed by atoms with Crippen molar-refractivity contribution in [1.82, 2.24) is 5.32 Å². The number of hydrogen-bond acceptors (Lipinski definition) is 3. The van der Waals surface area contributed by atoms with Crippen molar-refractivity contribution < 1.29 is 8.95 Å². The normalized spacial score (nSPS) is 14.1. The van der Waals surface area contributed by atoms with Crippen molar-refractivity contribution >= 4 is 10.8 Å². The Morgan fingerprint density at radius 1 is 1.32 bits per heavy atom. The highest BCUT2D eigenvalue weighted by Gasteiger charge is 2.16. The van der Waals surface area contributed by atoms with Crippen LogP contribution in [0.5, 0.6) is 5.75 Å². The van der Waals surface area contributed by atoms with Crippen molar-refractivity contribution in [3.05, 3.63) is 29.8 Å². The largest absolute Gasteiger partial charge is 0.496 e. The first-order chi connectivity index (χ1) is 9.22. The molecule has 19 heavy (non-hydrogen) atoms. The van der Waals surface area contributed by atoms with Gasteiger partial charge in [-0.15, -0.1) is 0 Å². The van der Waals surface area contributed by atoms with E-state index in [1.165, 1.54) is 6.42 Å². The molecule has 1 rings (SSSR count). The van der Waals surface area contributed by atoms with Gasteiger partial charge in [0.1, 0.15) is 5.75 Å². The van der Waals surface area contributed by atoms with E-state index >= 15 is 0 Å². The molecule has 0 aliphatic carbocycles. The van der Waals surface area contributed by atoms with Gasteiger partial charge in [0.05, 0.1) is 7.11 Å². The maximum absolute atomic E-state index is 12.1. The number of methoxy groups -OCH3 is 1. The van der Waals surface area contributed by atoms with Gasteiger partial charge in [-0.25, -0.2) is 0 Å². The van der Waals surface area contributed by atoms with Crippen LogP contribution in [0.1, 0.15) is 37.8 Å². The Morgan fingerprint density at radius 3 is 2.68 bits per heavy atom. The molecule has 0 fully saturated rings. The molecule has 1 N–H and O–H groups in total. The number of benzene rings is 1. The number of hydrogen-bond donors (Lipinski definition) is 1. The van der Waals surface area contributed by atoms with Crippen LogP contribution in [0.3, 0.4) is 0 Å². The smallest absolute Gasteiger partial charge is 0.123 e. The summed E-state index contributed by atoms with van der Waals surface area (Å²) in [7, 11) is 2.79. The predicted octanol–water partition coefficient (Wildman–Crippen LogP) is 2.89. The number of nitrogens with one attached hydrogen (secondary N) is 1. The summed E-state index contributed by atoms with van der Waals surface area (Å²) >= 11 is 0. The molecule has 0 radical (unpaired) electrons. The van der Waals surface area contributed by atoms with Crippen LogP contribution in [-0.2, 0) is 10.8 Å². The Balaban J connectivity index is 2.64. The van der Waals surface area contributed by atoms with Crippen molar-refractivity contribution in [3.63, 3.8) is 0 Å². The molecule has 0 aromatic heterocycles. The molecule has 0 spiro atoms. The van der Waals surface area contributed by atoms with E-state index in [2.05, 4.69) is 12.2 Å². The summed E-state index contributed by atoms with van der Waals surface area (Å²) in [6.45, 7) is 2.16. The van der Waals surface area contributed by atoms with Crippen molar-refractivity contribution in [3.8, 4) is 5.75 Å². The molecule has 108 valence electrons. The minimum Gasteiger partial charge on any atom is -0.496 e. The van der Waals surface area contributed by atoms with Crippen molar-refractivity contribution in [2.75, 3.05) is 25.7 Å². The molecule has 0 bridgehead atoms. The molecule has 3 nitrogen and oxygen atoms in total. The van der Waals surface area contributed by atoms with Crippen LogP contribution in [0.25, 0.3) is 0 Å². The monoisotopic (exact) mass is 283 g/mol. The molecule has 0 heterocycles. The summed E-state index contributed by atoms with van der Waals surface area (Å²) in [5.41, 5.74) is 1.08. The van der Waals surface area contributed by atoms with Crippen molar-refractivity contribution in [2.45, 2.75) is 32.2 Å². The lowest BCUT2D eigenvalue weighted by atomic mass is 10.1. The molecule has 2 atom stereocenters. The summed E-state index contributed by atoms with van der Waals surface area (Å²) in [5, 5.41) is 3.24. The van der Waals surface area contributed by atoms with E-state index in [1.54, 1.807) is 7.11 Å². The third-order valence-corrected chi connectivity index (χ3v) is 4.64. The zero-order valence-electron chi connectivity index (χ0n) is 12.1. The molecule has 0 saturated heterocycles. The molecule has 0 aliphatic heterocycles. The summed E-state index contributed by atoms with van der Waals surface area (Å²) < 4.78 is 17.5. The Hall–Kier alpha value is -0.870. The Kier molecular flexibility index (Phi) is 7.75. The van der Waals surface area contributed by atoms with Gasteiger partial charge >= 0.3 is 0 Å². The Labute approximate surface area is 119 Å². The van der Waals surface area contributed by atoms with E-state index in [1.807, 2.05) is 31.3 Å². The molecule has 0 amide bonds. The molecule has 2 unspecified atom stereocenters. The van der Waals surface area contributed by atoms with Crippen LogP contribution in [0.2, 0.25) is 0 Å². The summed E-state index contributed by atoms with van der Waals surface area (Å²) in [5.74, 6) is 2.29. The van der Waals surface area contributed by atoms with Gasteiger partial charge < -0.3 is 10.1 Å². The summed E-state index contributed by atoms with van der Waals surface area (Å²) in [6.07, 6.45) is 3.37. The molecule has 1 aromatic rings. The van der Waals surface area contributed by atoms with E-state index < -0.39 is 10.8 Å². The zero-order chi connectivity index (χ0) is 14.1. The van der Waals surface area contributed by atoms with Crippen LogP contribution >= 0.6 is 0 Å². The third-order valence-electron chi connectivity index (χ3n) is 3.19. The van der Waals surface area contributed by atoms with Gasteiger partial charge in [-0.2, -0.15) is 0 Å². The van der Waals surface area contributed by atoms with Crippen LogP contribution < -0.4 is 10.1 Å². The van der Waals surface area contributed by atoms with Crippen molar-refractivity contribution in [1.29, 1.82) is 0 Å². The molecule has 1 aromatic carbocycles. The van der Waals surface area contributed by atoms with Gasteiger partial charge in [0, 0.05) is 33.9 Å². The zero-order valence-corrected chi connectivity index (χ0v) is 13.0. The van der Waals surface area contributed by atoms with Gasteiger partial charge in [-0.3, -0.25) is 4.21 Å². The van der Waals surface area contributed by atoms with E-state index in [4.69, 9.17) is 4.74 Å². The molecule has 4 heteroatoms. The van der Waals surface area contributed by atoms with Crippen LogP contribution in [0.4, 0.5) is 0 Å². The fourth-order valence-electron chi connectivity index (χ4n) is 2.07. The number of rotatable bonds is 9. The maximum atomic E-state index is 12.1. The van der Waals surface area contributed by atoms with Gasteiger partial charge in [-0.1, -0.05) is 38.0 Å². The van der Waals surface area contributed by atoms with E-state index in [9.17, 15) is 4.21 Å². The first-order valence-corrected chi connectivity index (χ1v) is 8.36. The average Bonchev–Trinajstić information content (AvgIpc) is 2.45. The molecular formula is C15H25NO2S. The van der Waals surface area contributed by atoms with Crippen LogP contribution in [0, 0.1) is 0 Å². The molecule has 0 aliphatic rings. The highest BCUT2D eigenvalue weighted by Crippen LogP contribution is 2.25. The highest BCUT2D eigenvalue weighted by molar-refractivity contribution is 7.85. The highest BCUT2D eigenvalue weighted by atomic mass is 32.2. The first-order valence-electron chi connectivity index (χ1n) is 6.88. The SMILES string of the molecule is CCCCCS(=O)CC(NC)c1ccccc1OC. The van der Waals surface area contributed by atoms with E-state index in [0.29, 0.717) is 5.75 Å². The van der Waals surface area contributed by atoms with Crippen LogP contribution in [-0.4, -0.2) is 29.9 Å². The van der Waals surface area contributed by atoms with E-state index in [0.717, 1.165) is 29.9 Å². The second-order valence-electron chi connectivity index (χ2n) is 4.60. The second-order valence-corrected chi connectivity index (χ2v) is 6.22. The number of unbranched alkanes of at least 4 members (excludes halogenated alkanes) is 2. The lowest BCUT2D eigenvalue weighted by molar-refractivity contribution is 0.404. The lowest BCUT2D eigenvalue weighted by Crippen LogP contribution is -2.24. The van der Waals surface area contributed by atoms with Gasteiger partial charge in [0.25, 0.3) is 0 Å².